The zero-order chi connectivity index (χ0) is 20.6. The number of carbonyl (C=O) groups is 1. The molecule has 29 heavy (non-hydrogen) atoms. The van der Waals surface area contributed by atoms with Crippen LogP contribution in [0.4, 0.5) is 11.5 Å². The fraction of sp³-hybridized carbons (Fsp3) is 0.476. The van der Waals surface area contributed by atoms with Gasteiger partial charge >= 0.3 is 0 Å². The number of amides is 1. The molecule has 0 saturated carbocycles. The molecule has 3 rings (SSSR count). The van der Waals surface area contributed by atoms with E-state index in [1.54, 1.807) is 27.2 Å². The number of nitrogens with one attached hydrogen (secondary N) is 1. The summed E-state index contributed by atoms with van der Waals surface area (Å²) in [6.45, 7) is 5.98. The van der Waals surface area contributed by atoms with Crippen molar-refractivity contribution in [2.75, 3.05) is 63.8 Å². The molecular formula is C21H29N5O3. The molecule has 1 N–H and O–H groups in total. The van der Waals surface area contributed by atoms with Crippen LogP contribution in [0.5, 0.6) is 5.75 Å². The lowest BCUT2D eigenvalue weighted by molar-refractivity contribution is 0.0740. The van der Waals surface area contributed by atoms with E-state index in [0.29, 0.717) is 37.0 Å². The summed E-state index contributed by atoms with van der Waals surface area (Å²) in [7, 11) is 3.36. The Kier molecular flexibility index (Phi) is 7.24. The highest BCUT2D eigenvalue weighted by molar-refractivity contribution is 5.93. The van der Waals surface area contributed by atoms with Gasteiger partial charge in [-0.05, 0) is 25.5 Å². The van der Waals surface area contributed by atoms with E-state index in [-0.39, 0.29) is 5.91 Å². The molecule has 2 aromatic rings. The number of aryl methyl sites for hydroxylation is 1. The van der Waals surface area contributed by atoms with Crippen molar-refractivity contribution < 1.29 is 14.3 Å². The molecular weight excluding hydrogens is 370 g/mol. The number of rotatable bonds is 8. The van der Waals surface area contributed by atoms with Crippen molar-refractivity contribution in [3.8, 4) is 5.75 Å². The van der Waals surface area contributed by atoms with E-state index in [4.69, 9.17) is 9.47 Å². The van der Waals surface area contributed by atoms with Gasteiger partial charge < -0.3 is 24.6 Å². The zero-order valence-electron chi connectivity index (χ0n) is 17.4. The molecule has 1 aromatic heterocycles. The molecule has 1 amide bonds. The van der Waals surface area contributed by atoms with Gasteiger partial charge in [0, 0.05) is 52.5 Å². The second kappa shape index (κ2) is 10.1. The molecule has 8 heteroatoms. The van der Waals surface area contributed by atoms with Gasteiger partial charge in [0.15, 0.2) is 0 Å². The van der Waals surface area contributed by atoms with Crippen molar-refractivity contribution in [1.29, 1.82) is 0 Å². The van der Waals surface area contributed by atoms with E-state index in [1.807, 2.05) is 29.2 Å². The predicted octanol–water partition coefficient (Wildman–Crippen LogP) is 2.20. The SMILES string of the molecule is COCCCNc1cc(C(=O)N2CCN(c3ccccc3OC)CC2)nc(C)n1. The molecule has 1 fully saturated rings. The molecule has 156 valence electrons. The van der Waals surface area contributed by atoms with Gasteiger partial charge in [0.2, 0.25) is 0 Å². The first-order chi connectivity index (χ1) is 14.1. The monoisotopic (exact) mass is 399 g/mol. The maximum absolute atomic E-state index is 13.0. The number of piperazine rings is 1. The minimum atomic E-state index is -0.0601. The van der Waals surface area contributed by atoms with E-state index < -0.39 is 0 Å². The van der Waals surface area contributed by atoms with E-state index in [2.05, 4.69) is 20.2 Å². The first kappa shape index (κ1) is 20.9. The van der Waals surface area contributed by atoms with Crippen molar-refractivity contribution in [2.45, 2.75) is 13.3 Å². The Morgan fingerprint density at radius 1 is 1.14 bits per heavy atom. The lowest BCUT2D eigenvalue weighted by Gasteiger charge is -2.36. The highest BCUT2D eigenvalue weighted by atomic mass is 16.5. The van der Waals surface area contributed by atoms with Gasteiger partial charge in [-0.3, -0.25) is 4.79 Å². The van der Waals surface area contributed by atoms with Crippen molar-refractivity contribution in [2.24, 2.45) is 0 Å². The number of ether oxygens (including phenoxy) is 2. The van der Waals surface area contributed by atoms with Gasteiger partial charge in [0.1, 0.15) is 23.1 Å². The fourth-order valence-corrected chi connectivity index (χ4v) is 3.40. The highest BCUT2D eigenvalue weighted by Gasteiger charge is 2.25. The third kappa shape index (κ3) is 5.35. The summed E-state index contributed by atoms with van der Waals surface area (Å²) in [6, 6.07) is 9.69. The van der Waals surface area contributed by atoms with Crippen LogP contribution in [0.15, 0.2) is 30.3 Å². The molecule has 0 bridgehead atoms. The molecule has 1 aromatic carbocycles. The van der Waals surface area contributed by atoms with Crippen LogP contribution in [0.25, 0.3) is 0 Å². The number of hydrogen-bond acceptors (Lipinski definition) is 7. The second-order valence-corrected chi connectivity index (χ2v) is 6.91. The summed E-state index contributed by atoms with van der Waals surface area (Å²) < 4.78 is 10.5. The Morgan fingerprint density at radius 3 is 2.62 bits per heavy atom. The van der Waals surface area contributed by atoms with Gasteiger partial charge in [0.25, 0.3) is 5.91 Å². The summed E-state index contributed by atoms with van der Waals surface area (Å²) >= 11 is 0. The van der Waals surface area contributed by atoms with Crippen LogP contribution in [0, 0.1) is 6.92 Å². The van der Waals surface area contributed by atoms with Crippen LogP contribution in [0.3, 0.4) is 0 Å². The summed E-state index contributed by atoms with van der Waals surface area (Å²) in [4.78, 5) is 25.8. The van der Waals surface area contributed by atoms with Gasteiger partial charge in [-0.1, -0.05) is 12.1 Å². The van der Waals surface area contributed by atoms with Crippen LogP contribution >= 0.6 is 0 Å². The quantitative estimate of drug-likeness (QED) is 0.682. The molecule has 0 aliphatic carbocycles. The van der Waals surface area contributed by atoms with Crippen LogP contribution < -0.4 is 15.0 Å². The van der Waals surface area contributed by atoms with E-state index >= 15 is 0 Å². The van der Waals surface area contributed by atoms with E-state index in [1.165, 1.54) is 0 Å². The average Bonchev–Trinajstić information content (AvgIpc) is 2.76. The third-order valence-corrected chi connectivity index (χ3v) is 4.88. The van der Waals surface area contributed by atoms with Crippen molar-refractivity contribution in [1.82, 2.24) is 14.9 Å². The van der Waals surface area contributed by atoms with Crippen molar-refractivity contribution >= 4 is 17.4 Å². The highest BCUT2D eigenvalue weighted by Crippen LogP contribution is 2.28. The maximum atomic E-state index is 13.0. The van der Waals surface area contributed by atoms with Crippen LogP contribution in [0.1, 0.15) is 22.7 Å². The van der Waals surface area contributed by atoms with Crippen molar-refractivity contribution in [3.63, 3.8) is 0 Å². The number of aromatic nitrogens is 2. The van der Waals surface area contributed by atoms with Gasteiger partial charge in [-0.2, -0.15) is 0 Å². The van der Waals surface area contributed by atoms with Crippen LogP contribution in [-0.4, -0.2) is 74.3 Å². The predicted molar refractivity (Wildman–Crippen MR) is 113 cm³/mol. The van der Waals surface area contributed by atoms with Gasteiger partial charge in [-0.15, -0.1) is 0 Å². The largest absolute Gasteiger partial charge is 0.495 e. The Hall–Kier alpha value is -2.87. The first-order valence-corrected chi connectivity index (χ1v) is 9.88. The Morgan fingerprint density at radius 2 is 1.90 bits per heavy atom. The van der Waals surface area contributed by atoms with Crippen LogP contribution in [-0.2, 0) is 4.74 Å². The molecule has 8 nitrogen and oxygen atoms in total. The molecule has 0 unspecified atom stereocenters. The molecule has 0 radical (unpaired) electrons. The van der Waals surface area contributed by atoms with Gasteiger partial charge in [-0.25, -0.2) is 9.97 Å². The minimum Gasteiger partial charge on any atom is -0.495 e. The summed E-state index contributed by atoms with van der Waals surface area (Å²) in [5, 5.41) is 3.24. The number of nitrogens with zero attached hydrogens (tertiary/aromatic N) is 4. The Labute approximate surface area is 171 Å². The first-order valence-electron chi connectivity index (χ1n) is 9.88. The summed E-state index contributed by atoms with van der Waals surface area (Å²) in [5.74, 6) is 2.04. The number of methoxy groups -OCH3 is 2. The molecule has 1 aliphatic rings. The number of hydrogen-bond donors (Lipinski definition) is 1. The van der Waals surface area contributed by atoms with E-state index in [0.717, 1.165) is 37.5 Å². The summed E-state index contributed by atoms with van der Waals surface area (Å²) in [6.07, 6.45) is 0.869. The molecule has 1 aliphatic heterocycles. The molecule has 1 saturated heterocycles. The van der Waals surface area contributed by atoms with Crippen molar-refractivity contribution in [3.05, 3.63) is 41.9 Å². The zero-order valence-corrected chi connectivity index (χ0v) is 17.4. The maximum Gasteiger partial charge on any atom is 0.272 e. The van der Waals surface area contributed by atoms with E-state index in [9.17, 15) is 4.79 Å². The number of para-hydroxylation sites is 2. The fourth-order valence-electron chi connectivity index (χ4n) is 3.40. The second-order valence-electron chi connectivity index (χ2n) is 6.91. The Balaban J connectivity index is 1.62. The Bertz CT molecular complexity index is 822. The smallest absolute Gasteiger partial charge is 0.272 e. The van der Waals surface area contributed by atoms with Gasteiger partial charge in [0.05, 0.1) is 12.8 Å². The standard InChI is InChI=1S/C21H29N5O3/c1-16-23-17(15-20(24-16)22-9-6-14-28-2)21(27)26-12-10-25(11-13-26)18-7-4-5-8-19(18)29-3/h4-5,7-8,15H,6,9-14H2,1-3H3,(H,22,23,24). The number of benzene rings is 1. The molecule has 0 atom stereocenters. The summed E-state index contributed by atoms with van der Waals surface area (Å²) in [5.41, 5.74) is 1.49. The number of carbonyl (C=O) groups excluding carboxylic acids is 1. The third-order valence-electron chi connectivity index (χ3n) is 4.88. The normalized spacial score (nSPS) is 14.0. The molecule has 2 heterocycles. The number of anilines is 2. The minimum absolute atomic E-state index is 0.0601. The topological polar surface area (TPSA) is 79.8 Å². The molecule has 0 spiro atoms. The van der Waals surface area contributed by atoms with Crippen LogP contribution in [0.2, 0.25) is 0 Å². The lowest BCUT2D eigenvalue weighted by Crippen LogP contribution is -2.49. The lowest BCUT2D eigenvalue weighted by atomic mass is 10.2. The average molecular weight is 399 g/mol.